The maximum Gasteiger partial charge on any atom is 0.295 e. The molecule has 1 amide bonds. The number of aromatic nitrogens is 1. The van der Waals surface area contributed by atoms with E-state index in [4.69, 9.17) is 4.74 Å². The minimum atomic E-state index is -0.732. The molecule has 0 aliphatic carbocycles. The summed E-state index contributed by atoms with van der Waals surface area (Å²) in [7, 11) is 5.43. The summed E-state index contributed by atoms with van der Waals surface area (Å²) in [5, 5.41) is 11.0. The molecule has 1 aromatic heterocycles. The van der Waals surface area contributed by atoms with Gasteiger partial charge in [-0.1, -0.05) is 18.2 Å². The molecule has 1 aromatic carbocycles. The van der Waals surface area contributed by atoms with Crippen molar-refractivity contribution in [3.8, 4) is 5.75 Å². The number of benzene rings is 1. The lowest BCUT2D eigenvalue weighted by molar-refractivity contribution is -0.140. The second-order valence-corrected chi connectivity index (χ2v) is 7.14. The molecule has 2 aromatic rings. The first-order chi connectivity index (χ1) is 13.9. The summed E-state index contributed by atoms with van der Waals surface area (Å²) in [6.45, 7) is 1.16. The number of carbonyl (C=O) groups excluding carboxylic acids is 2. The van der Waals surface area contributed by atoms with E-state index >= 15 is 0 Å². The summed E-state index contributed by atoms with van der Waals surface area (Å²) in [6, 6.07) is 11.4. The Kier molecular flexibility index (Phi) is 6.29. The van der Waals surface area contributed by atoms with Crippen molar-refractivity contribution in [3.63, 3.8) is 0 Å². The fourth-order valence-corrected chi connectivity index (χ4v) is 3.44. The molecule has 1 atom stereocenters. The largest absolute Gasteiger partial charge is 0.507 e. The summed E-state index contributed by atoms with van der Waals surface area (Å²) in [6.07, 6.45) is 2.31. The van der Waals surface area contributed by atoms with Crippen molar-refractivity contribution in [2.45, 2.75) is 12.5 Å². The molecule has 0 saturated carbocycles. The minimum absolute atomic E-state index is 0.0480. The Morgan fingerprint density at radius 2 is 2.00 bits per heavy atom. The van der Waals surface area contributed by atoms with Crippen LogP contribution in [0.4, 0.5) is 0 Å². The third-order valence-electron chi connectivity index (χ3n) is 4.86. The van der Waals surface area contributed by atoms with Crippen LogP contribution in [-0.4, -0.2) is 65.9 Å². The van der Waals surface area contributed by atoms with Gasteiger partial charge >= 0.3 is 0 Å². The Hall–Kier alpha value is -3.19. The topological polar surface area (TPSA) is 83.0 Å². The fraction of sp³-hybridized carbons (Fsp3) is 0.318. The Labute approximate surface area is 170 Å². The molecule has 0 unspecified atom stereocenters. The van der Waals surface area contributed by atoms with Gasteiger partial charge < -0.3 is 19.6 Å². The zero-order valence-electron chi connectivity index (χ0n) is 16.8. The molecule has 1 aliphatic rings. The summed E-state index contributed by atoms with van der Waals surface area (Å²) >= 11 is 0. The van der Waals surface area contributed by atoms with Gasteiger partial charge in [0.25, 0.3) is 11.7 Å². The number of aliphatic hydroxyl groups is 1. The first-order valence-electron chi connectivity index (χ1n) is 9.42. The maximum atomic E-state index is 12.9. The van der Waals surface area contributed by atoms with Crippen LogP contribution < -0.4 is 4.74 Å². The van der Waals surface area contributed by atoms with Crippen LogP contribution in [-0.2, 0) is 9.59 Å². The minimum Gasteiger partial charge on any atom is -0.507 e. The maximum absolute atomic E-state index is 12.9. The molecule has 1 saturated heterocycles. The van der Waals surface area contributed by atoms with E-state index in [1.807, 2.05) is 19.0 Å². The highest BCUT2D eigenvalue weighted by atomic mass is 16.5. The number of amides is 1. The quantitative estimate of drug-likeness (QED) is 0.441. The first-order valence-corrected chi connectivity index (χ1v) is 9.42. The molecule has 1 N–H and O–H groups in total. The molecule has 152 valence electrons. The lowest BCUT2D eigenvalue weighted by Crippen LogP contribution is -2.32. The number of pyridine rings is 1. The first kappa shape index (κ1) is 20.5. The van der Waals surface area contributed by atoms with E-state index in [1.54, 1.807) is 48.7 Å². The van der Waals surface area contributed by atoms with Crippen molar-refractivity contribution in [3.05, 3.63) is 65.5 Å². The average molecular weight is 395 g/mol. The molecule has 7 nitrogen and oxygen atoms in total. The van der Waals surface area contributed by atoms with Crippen LogP contribution in [0.1, 0.15) is 23.7 Å². The summed E-state index contributed by atoms with van der Waals surface area (Å²) in [5.74, 6) is -1.01. The number of ketones is 1. The van der Waals surface area contributed by atoms with Crippen LogP contribution in [0.5, 0.6) is 5.75 Å². The van der Waals surface area contributed by atoms with E-state index in [9.17, 15) is 14.7 Å². The van der Waals surface area contributed by atoms with Crippen LogP contribution in [0.25, 0.3) is 5.76 Å². The van der Waals surface area contributed by atoms with Crippen LogP contribution in [0.3, 0.4) is 0 Å². The second kappa shape index (κ2) is 8.87. The van der Waals surface area contributed by atoms with Crippen molar-refractivity contribution in [2.24, 2.45) is 0 Å². The summed E-state index contributed by atoms with van der Waals surface area (Å²) < 4.78 is 5.21. The Morgan fingerprint density at radius 3 is 2.66 bits per heavy atom. The van der Waals surface area contributed by atoms with Gasteiger partial charge in [-0.25, -0.2) is 0 Å². The second-order valence-electron chi connectivity index (χ2n) is 7.14. The van der Waals surface area contributed by atoms with E-state index < -0.39 is 17.7 Å². The molecule has 1 aliphatic heterocycles. The number of aliphatic hydroxyl groups excluding tert-OH is 1. The number of hydrogen-bond donors (Lipinski definition) is 1. The Balaban J connectivity index is 2.07. The van der Waals surface area contributed by atoms with Crippen LogP contribution >= 0.6 is 0 Å². The zero-order chi connectivity index (χ0) is 21.0. The van der Waals surface area contributed by atoms with Gasteiger partial charge in [0.1, 0.15) is 17.6 Å². The number of carbonyl (C=O) groups is 2. The SMILES string of the molecule is COc1cccc(/C(O)=C2\C(=O)C(=O)N(CCCN(C)C)[C@H]2c2ccccn2)c1. The van der Waals surface area contributed by atoms with E-state index in [-0.39, 0.29) is 11.3 Å². The molecule has 29 heavy (non-hydrogen) atoms. The summed E-state index contributed by atoms with van der Waals surface area (Å²) in [5.41, 5.74) is 1.00. The average Bonchev–Trinajstić information content (AvgIpc) is 2.98. The van der Waals surface area contributed by atoms with Gasteiger partial charge in [-0.2, -0.15) is 0 Å². The van der Waals surface area contributed by atoms with Crippen molar-refractivity contribution < 1.29 is 19.4 Å². The standard InChI is InChI=1S/C22H25N3O4/c1-24(2)12-7-13-25-19(17-10-4-5-11-23-17)18(21(27)22(25)28)20(26)15-8-6-9-16(14-15)29-3/h4-6,8-11,14,19,26H,7,12-13H2,1-3H3/b20-18+/t19-/m0/s1. The van der Waals surface area contributed by atoms with Gasteiger partial charge in [-0.3, -0.25) is 14.6 Å². The molecule has 0 spiro atoms. The molecule has 1 fully saturated rings. The Bertz CT molecular complexity index is 925. The molecule has 2 heterocycles. The molecule has 0 bridgehead atoms. The molecule has 3 rings (SSSR count). The lowest BCUT2D eigenvalue weighted by Gasteiger charge is -2.25. The van der Waals surface area contributed by atoms with Gasteiger partial charge in [-0.05, 0) is 51.3 Å². The predicted octanol–water partition coefficient (Wildman–Crippen LogP) is 2.46. The highest BCUT2D eigenvalue weighted by Crippen LogP contribution is 2.38. The van der Waals surface area contributed by atoms with Crippen LogP contribution in [0, 0.1) is 0 Å². The highest BCUT2D eigenvalue weighted by molar-refractivity contribution is 6.46. The number of ether oxygens (including phenoxy) is 1. The van der Waals surface area contributed by atoms with Gasteiger partial charge in [0, 0.05) is 18.3 Å². The monoisotopic (exact) mass is 395 g/mol. The molecule has 0 radical (unpaired) electrons. The van der Waals surface area contributed by atoms with Crippen molar-refractivity contribution in [2.75, 3.05) is 34.3 Å². The molecule has 7 heteroatoms. The van der Waals surface area contributed by atoms with E-state index in [0.29, 0.717) is 30.0 Å². The number of Topliss-reactive ketones (excluding diaryl/α,β-unsaturated/α-hetero) is 1. The number of nitrogens with zero attached hydrogens (tertiary/aromatic N) is 3. The predicted molar refractivity (Wildman–Crippen MR) is 109 cm³/mol. The zero-order valence-corrected chi connectivity index (χ0v) is 16.8. The van der Waals surface area contributed by atoms with Crippen molar-refractivity contribution in [1.82, 2.24) is 14.8 Å². The van der Waals surface area contributed by atoms with Gasteiger partial charge in [0.15, 0.2) is 0 Å². The van der Waals surface area contributed by atoms with E-state index in [2.05, 4.69) is 4.98 Å². The van der Waals surface area contributed by atoms with Gasteiger partial charge in [0.2, 0.25) is 0 Å². The molecular weight excluding hydrogens is 370 g/mol. The number of rotatable bonds is 7. The van der Waals surface area contributed by atoms with E-state index in [0.717, 1.165) is 6.54 Å². The van der Waals surface area contributed by atoms with Gasteiger partial charge in [-0.15, -0.1) is 0 Å². The van der Waals surface area contributed by atoms with Crippen molar-refractivity contribution in [1.29, 1.82) is 0 Å². The normalized spacial score (nSPS) is 18.5. The van der Waals surface area contributed by atoms with Crippen LogP contribution in [0.2, 0.25) is 0 Å². The highest BCUT2D eigenvalue weighted by Gasteiger charge is 2.46. The fourth-order valence-electron chi connectivity index (χ4n) is 3.44. The third-order valence-corrected chi connectivity index (χ3v) is 4.86. The van der Waals surface area contributed by atoms with Gasteiger partial charge in [0.05, 0.1) is 18.4 Å². The van der Waals surface area contributed by atoms with Crippen LogP contribution in [0.15, 0.2) is 54.2 Å². The smallest absolute Gasteiger partial charge is 0.295 e. The third kappa shape index (κ3) is 4.30. The number of likely N-dealkylation sites (tertiary alicyclic amines) is 1. The summed E-state index contributed by atoms with van der Waals surface area (Å²) in [4.78, 5) is 33.6. The number of methoxy groups -OCH3 is 1. The molecular formula is C22H25N3O4. The number of hydrogen-bond acceptors (Lipinski definition) is 6. The van der Waals surface area contributed by atoms with Crippen molar-refractivity contribution >= 4 is 17.4 Å². The lowest BCUT2D eigenvalue weighted by atomic mass is 9.98. The van der Waals surface area contributed by atoms with E-state index in [1.165, 1.54) is 12.0 Å². The Morgan fingerprint density at radius 1 is 1.21 bits per heavy atom.